The van der Waals surface area contributed by atoms with Crippen molar-refractivity contribution < 1.29 is 14.2 Å². The van der Waals surface area contributed by atoms with Crippen molar-refractivity contribution in [2.24, 2.45) is 0 Å². The molecule has 20 heavy (non-hydrogen) atoms. The first-order chi connectivity index (χ1) is 9.65. The lowest BCUT2D eigenvalue weighted by Gasteiger charge is -2.21. The monoisotopic (exact) mass is 295 g/mol. The number of hydrogen-bond acceptors (Lipinski definition) is 5. The standard InChI is InChI=1S/C13H14ClN3O3/c1-3-17(13(18)11-7-15-20-16-11)8-9-6-10(14)4-5-12(9)19-2/h4-7H,3,8H2,1-2H3. The maximum absolute atomic E-state index is 12.2. The Balaban J connectivity index is 2.22. The van der Waals surface area contributed by atoms with Gasteiger partial charge in [-0.25, -0.2) is 4.63 Å². The first-order valence-corrected chi connectivity index (χ1v) is 6.42. The summed E-state index contributed by atoms with van der Waals surface area (Å²) in [4.78, 5) is 13.8. The van der Waals surface area contributed by atoms with Gasteiger partial charge in [0.2, 0.25) is 0 Å². The van der Waals surface area contributed by atoms with Gasteiger partial charge in [-0.2, -0.15) is 0 Å². The zero-order chi connectivity index (χ0) is 14.5. The van der Waals surface area contributed by atoms with Crippen LogP contribution in [0.2, 0.25) is 5.02 Å². The van der Waals surface area contributed by atoms with Gasteiger partial charge in [-0.1, -0.05) is 16.8 Å². The van der Waals surface area contributed by atoms with Crippen LogP contribution in [0.15, 0.2) is 29.0 Å². The minimum Gasteiger partial charge on any atom is -0.496 e. The van der Waals surface area contributed by atoms with Crippen molar-refractivity contribution in [2.45, 2.75) is 13.5 Å². The molecule has 0 fully saturated rings. The molecule has 0 atom stereocenters. The van der Waals surface area contributed by atoms with Crippen LogP contribution in [0, 0.1) is 0 Å². The minimum atomic E-state index is -0.254. The number of rotatable bonds is 5. The van der Waals surface area contributed by atoms with Crippen LogP contribution in [-0.2, 0) is 6.54 Å². The molecule has 0 bridgehead atoms. The quantitative estimate of drug-likeness (QED) is 0.847. The molecule has 0 spiro atoms. The fourth-order valence-corrected chi connectivity index (χ4v) is 2.02. The fourth-order valence-electron chi connectivity index (χ4n) is 1.82. The number of benzene rings is 1. The van der Waals surface area contributed by atoms with E-state index in [1.807, 2.05) is 6.92 Å². The number of amides is 1. The van der Waals surface area contributed by atoms with E-state index in [9.17, 15) is 4.79 Å². The normalized spacial score (nSPS) is 10.3. The summed E-state index contributed by atoms with van der Waals surface area (Å²) in [6, 6.07) is 5.29. The highest BCUT2D eigenvalue weighted by Gasteiger charge is 2.19. The lowest BCUT2D eigenvalue weighted by molar-refractivity contribution is 0.0740. The van der Waals surface area contributed by atoms with Crippen molar-refractivity contribution in [3.05, 3.63) is 40.7 Å². The van der Waals surface area contributed by atoms with Crippen molar-refractivity contribution in [1.82, 2.24) is 15.2 Å². The lowest BCUT2D eigenvalue weighted by atomic mass is 10.2. The van der Waals surface area contributed by atoms with E-state index < -0.39 is 0 Å². The van der Waals surface area contributed by atoms with Gasteiger partial charge in [0, 0.05) is 23.7 Å². The molecule has 7 heteroatoms. The van der Waals surface area contributed by atoms with Gasteiger partial charge >= 0.3 is 0 Å². The van der Waals surface area contributed by atoms with E-state index >= 15 is 0 Å². The van der Waals surface area contributed by atoms with Gasteiger partial charge < -0.3 is 9.64 Å². The molecule has 1 amide bonds. The Labute approximate surface area is 121 Å². The second kappa shape index (κ2) is 6.38. The first-order valence-electron chi connectivity index (χ1n) is 6.05. The molecule has 1 aromatic heterocycles. The highest BCUT2D eigenvalue weighted by atomic mass is 35.5. The largest absolute Gasteiger partial charge is 0.496 e. The van der Waals surface area contributed by atoms with Crippen molar-refractivity contribution >= 4 is 17.5 Å². The second-order valence-electron chi connectivity index (χ2n) is 4.07. The predicted octanol–water partition coefficient (Wildman–Crippen LogP) is 2.39. The van der Waals surface area contributed by atoms with Gasteiger partial charge in [0.25, 0.3) is 5.91 Å². The molecule has 2 rings (SSSR count). The fraction of sp³-hybridized carbons (Fsp3) is 0.308. The molecule has 6 nitrogen and oxygen atoms in total. The molecule has 0 saturated carbocycles. The molecule has 1 heterocycles. The number of ether oxygens (including phenoxy) is 1. The molecule has 106 valence electrons. The topological polar surface area (TPSA) is 68.5 Å². The maximum Gasteiger partial charge on any atom is 0.278 e. The molecular formula is C13H14ClN3O3. The van der Waals surface area contributed by atoms with Crippen LogP contribution >= 0.6 is 11.6 Å². The number of carbonyl (C=O) groups excluding carboxylic acids is 1. The average molecular weight is 296 g/mol. The Hall–Kier alpha value is -2.08. The minimum absolute atomic E-state index is 0.174. The Bertz CT molecular complexity index is 587. The summed E-state index contributed by atoms with van der Waals surface area (Å²) in [5, 5.41) is 7.58. The summed E-state index contributed by atoms with van der Waals surface area (Å²) in [6.07, 6.45) is 1.29. The smallest absolute Gasteiger partial charge is 0.278 e. The molecule has 2 aromatic rings. The van der Waals surface area contributed by atoms with Crippen LogP contribution < -0.4 is 4.74 Å². The molecule has 1 aromatic carbocycles. The van der Waals surface area contributed by atoms with Crippen LogP contribution in [0.3, 0.4) is 0 Å². The van der Waals surface area contributed by atoms with E-state index in [-0.39, 0.29) is 11.6 Å². The third kappa shape index (κ3) is 3.08. The van der Waals surface area contributed by atoms with Crippen molar-refractivity contribution in [3.8, 4) is 5.75 Å². The lowest BCUT2D eigenvalue weighted by Crippen LogP contribution is -2.30. The highest BCUT2D eigenvalue weighted by molar-refractivity contribution is 6.30. The Morgan fingerprint density at radius 1 is 1.50 bits per heavy atom. The summed E-state index contributed by atoms with van der Waals surface area (Å²) in [6.45, 7) is 2.76. The van der Waals surface area contributed by atoms with Crippen LogP contribution in [0.25, 0.3) is 0 Å². The Kier molecular flexibility index (Phi) is 4.57. The first kappa shape index (κ1) is 14.3. The van der Waals surface area contributed by atoms with E-state index in [4.69, 9.17) is 16.3 Å². The molecule has 0 aliphatic carbocycles. The maximum atomic E-state index is 12.2. The van der Waals surface area contributed by atoms with E-state index in [1.54, 1.807) is 30.2 Å². The molecule has 0 N–H and O–H groups in total. The van der Waals surface area contributed by atoms with Crippen LogP contribution in [0.4, 0.5) is 0 Å². The van der Waals surface area contributed by atoms with Gasteiger partial charge in [0.15, 0.2) is 5.69 Å². The summed E-state index contributed by atoms with van der Waals surface area (Å²) < 4.78 is 9.72. The molecule has 0 aliphatic heterocycles. The van der Waals surface area contributed by atoms with Gasteiger partial charge in [0.1, 0.15) is 11.9 Å². The molecule has 0 radical (unpaired) electrons. The molecular weight excluding hydrogens is 282 g/mol. The summed E-state index contributed by atoms with van der Waals surface area (Å²) in [5.41, 5.74) is 1.000. The van der Waals surface area contributed by atoms with Gasteiger partial charge in [0.05, 0.1) is 7.11 Å². The molecule has 0 unspecified atom stereocenters. The Morgan fingerprint density at radius 3 is 2.90 bits per heavy atom. The van der Waals surface area contributed by atoms with Crippen molar-refractivity contribution in [2.75, 3.05) is 13.7 Å². The molecule has 0 saturated heterocycles. The van der Waals surface area contributed by atoms with Gasteiger partial charge in [-0.05, 0) is 30.3 Å². The molecule has 0 aliphatic rings. The van der Waals surface area contributed by atoms with Gasteiger partial charge in [-0.15, -0.1) is 0 Å². The van der Waals surface area contributed by atoms with Gasteiger partial charge in [-0.3, -0.25) is 4.79 Å². The predicted molar refractivity (Wildman–Crippen MR) is 72.7 cm³/mol. The van der Waals surface area contributed by atoms with Crippen molar-refractivity contribution in [3.63, 3.8) is 0 Å². The number of nitrogens with zero attached hydrogens (tertiary/aromatic N) is 3. The van der Waals surface area contributed by atoms with Crippen molar-refractivity contribution in [1.29, 1.82) is 0 Å². The van der Waals surface area contributed by atoms with Crippen LogP contribution in [0.5, 0.6) is 5.75 Å². The zero-order valence-corrected chi connectivity index (χ0v) is 11.9. The van der Waals surface area contributed by atoms with E-state index in [0.29, 0.717) is 23.9 Å². The van der Waals surface area contributed by atoms with E-state index in [2.05, 4.69) is 14.9 Å². The number of carbonyl (C=O) groups is 1. The highest BCUT2D eigenvalue weighted by Crippen LogP contribution is 2.24. The third-order valence-electron chi connectivity index (χ3n) is 2.85. The number of methoxy groups -OCH3 is 1. The summed E-state index contributed by atoms with van der Waals surface area (Å²) in [7, 11) is 1.58. The Morgan fingerprint density at radius 2 is 2.30 bits per heavy atom. The zero-order valence-electron chi connectivity index (χ0n) is 11.2. The third-order valence-corrected chi connectivity index (χ3v) is 3.09. The number of hydrogen-bond donors (Lipinski definition) is 0. The van der Waals surface area contributed by atoms with E-state index in [0.717, 1.165) is 5.56 Å². The van der Waals surface area contributed by atoms with Crippen LogP contribution in [-0.4, -0.2) is 34.8 Å². The second-order valence-corrected chi connectivity index (χ2v) is 4.50. The summed E-state index contributed by atoms with van der Waals surface area (Å²) in [5.74, 6) is 0.426. The SMILES string of the molecule is CCN(Cc1cc(Cl)ccc1OC)C(=O)c1cnon1. The van der Waals surface area contributed by atoms with Crippen LogP contribution in [0.1, 0.15) is 23.0 Å². The average Bonchev–Trinajstić information content (AvgIpc) is 2.98. The van der Waals surface area contributed by atoms with E-state index in [1.165, 1.54) is 6.20 Å². The number of aromatic nitrogens is 2. The summed E-state index contributed by atoms with van der Waals surface area (Å²) >= 11 is 5.98. The number of halogens is 1.